The largest absolute Gasteiger partial charge is 0.336 e. The van der Waals surface area contributed by atoms with Crippen molar-refractivity contribution in [3.8, 4) is 0 Å². The molecule has 0 aromatic heterocycles. The zero-order valence-corrected chi connectivity index (χ0v) is 12.6. The molecule has 1 fully saturated rings. The third-order valence-electron chi connectivity index (χ3n) is 3.12. The summed E-state index contributed by atoms with van der Waals surface area (Å²) in [4.78, 5) is 25.6. The molecule has 5 nitrogen and oxygen atoms in total. The lowest BCUT2D eigenvalue weighted by Crippen LogP contribution is -3.08. The highest BCUT2D eigenvalue weighted by atomic mass is 35.5. The summed E-state index contributed by atoms with van der Waals surface area (Å²) in [5.41, 5.74) is 0.923. The number of quaternary nitrogens is 1. The minimum Gasteiger partial charge on any atom is -0.336 e. The summed E-state index contributed by atoms with van der Waals surface area (Å²) in [5, 5.41) is 3.78. The van der Waals surface area contributed by atoms with E-state index < -0.39 is 0 Å². The summed E-state index contributed by atoms with van der Waals surface area (Å²) in [5.74, 6) is -0.178. The maximum absolute atomic E-state index is 12.0. The number of urea groups is 1. The summed E-state index contributed by atoms with van der Waals surface area (Å²) in [6.07, 6.45) is 0. The van der Waals surface area contributed by atoms with E-state index >= 15 is 0 Å². The lowest BCUT2D eigenvalue weighted by molar-refractivity contribution is -0.885. The number of carbonyl (C=O) groups is 2. The maximum atomic E-state index is 12.0. The Balaban J connectivity index is 1.93. The van der Waals surface area contributed by atoms with Gasteiger partial charge in [0.05, 0.1) is 12.1 Å². The molecular formula is C13H16Cl2N3O2+. The number of hydrogen-bond donors (Lipinski definition) is 2. The molecule has 1 aromatic rings. The number of nitrogens with zero attached hydrogens (tertiary/aromatic N) is 1. The molecule has 0 spiro atoms. The van der Waals surface area contributed by atoms with E-state index in [1.165, 1.54) is 4.90 Å². The smallest absolute Gasteiger partial charge is 0.324 e. The van der Waals surface area contributed by atoms with Crippen LogP contribution in [0.15, 0.2) is 18.2 Å². The fraction of sp³-hybridized carbons (Fsp3) is 0.385. The molecule has 2 N–H and O–H groups in total. The second kappa shape index (κ2) is 6.43. The van der Waals surface area contributed by atoms with Gasteiger partial charge >= 0.3 is 6.03 Å². The van der Waals surface area contributed by atoms with Crippen LogP contribution in [0.2, 0.25) is 10.0 Å². The van der Waals surface area contributed by atoms with Gasteiger partial charge in [-0.1, -0.05) is 29.3 Å². The molecule has 0 saturated carbocycles. The van der Waals surface area contributed by atoms with E-state index in [1.807, 2.05) is 13.1 Å². The predicted molar refractivity (Wildman–Crippen MR) is 77.0 cm³/mol. The van der Waals surface area contributed by atoms with Crippen LogP contribution < -0.4 is 10.2 Å². The van der Waals surface area contributed by atoms with Gasteiger partial charge in [-0.2, -0.15) is 0 Å². The summed E-state index contributed by atoms with van der Waals surface area (Å²) in [7, 11) is 1.89. The van der Waals surface area contributed by atoms with Crippen LogP contribution in [0.25, 0.3) is 0 Å². The fourth-order valence-electron chi connectivity index (χ4n) is 2.12. The van der Waals surface area contributed by atoms with Crippen LogP contribution in [-0.2, 0) is 11.3 Å². The number of hydrogen-bond acceptors (Lipinski definition) is 2. The maximum Gasteiger partial charge on any atom is 0.324 e. The number of carbonyl (C=O) groups excluding carboxylic acids is 2. The Kier molecular flexibility index (Phi) is 4.86. The Morgan fingerprint density at radius 1 is 1.45 bits per heavy atom. The summed E-state index contributed by atoms with van der Waals surface area (Å²) < 4.78 is 0. The number of imide groups is 1. The topological polar surface area (TPSA) is 53.9 Å². The number of nitrogens with one attached hydrogen (secondary N) is 2. The highest BCUT2D eigenvalue weighted by molar-refractivity contribution is 6.35. The second-order valence-corrected chi connectivity index (χ2v) is 5.67. The average Bonchev–Trinajstić information content (AvgIpc) is 2.79. The molecule has 1 saturated heterocycles. The van der Waals surface area contributed by atoms with Crippen molar-refractivity contribution in [2.75, 3.05) is 26.7 Å². The Bertz CT molecular complexity index is 536. The molecule has 108 valence electrons. The number of benzene rings is 1. The molecule has 0 radical (unpaired) electrons. The van der Waals surface area contributed by atoms with Gasteiger partial charge in [-0.25, -0.2) is 4.79 Å². The minimum atomic E-state index is -0.313. The Hall–Kier alpha value is -1.30. The van der Waals surface area contributed by atoms with Crippen molar-refractivity contribution in [1.82, 2.24) is 10.2 Å². The van der Waals surface area contributed by atoms with Crippen LogP contribution in [0, 0.1) is 0 Å². The SMILES string of the molecule is C[NH+](CC(=O)N1CCNC1=O)Cc1ccc(Cl)cc1Cl. The summed E-state index contributed by atoms with van der Waals surface area (Å²) in [6, 6.07) is 4.99. The molecule has 1 aliphatic rings. The lowest BCUT2D eigenvalue weighted by Gasteiger charge is -2.17. The number of rotatable bonds is 4. The lowest BCUT2D eigenvalue weighted by atomic mass is 10.2. The summed E-state index contributed by atoms with van der Waals surface area (Å²) >= 11 is 11.9. The van der Waals surface area contributed by atoms with Crippen molar-refractivity contribution >= 4 is 35.1 Å². The molecule has 1 heterocycles. The molecule has 0 aliphatic carbocycles. The molecule has 1 atom stereocenters. The Morgan fingerprint density at radius 3 is 2.80 bits per heavy atom. The van der Waals surface area contributed by atoms with E-state index in [9.17, 15) is 9.59 Å². The van der Waals surface area contributed by atoms with Crippen molar-refractivity contribution < 1.29 is 14.5 Å². The second-order valence-electron chi connectivity index (χ2n) is 4.82. The molecule has 7 heteroatoms. The van der Waals surface area contributed by atoms with Crippen LogP contribution in [-0.4, -0.2) is 43.5 Å². The first-order chi connectivity index (χ1) is 9.47. The highest BCUT2D eigenvalue weighted by Crippen LogP contribution is 2.20. The molecule has 3 amide bonds. The van der Waals surface area contributed by atoms with E-state index in [-0.39, 0.29) is 18.5 Å². The zero-order valence-electron chi connectivity index (χ0n) is 11.1. The normalized spacial score (nSPS) is 16.1. The van der Waals surface area contributed by atoms with Crippen molar-refractivity contribution in [3.63, 3.8) is 0 Å². The molecular weight excluding hydrogens is 301 g/mol. The number of likely N-dealkylation sites (N-methyl/N-ethyl adjacent to an activating group) is 1. The third-order valence-corrected chi connectivity index (χ3v) is 3.71. The van der Waals surface area contributed by atoms with Crippen LogP contribution in [0.1, 0.15) is 5.56 Å². The Labute approximate surface area is 127 Å². The van der Waals surface area contributed by atoms with Gasteiger partial charge in [0.25, 0.3) is 5.91 Å². The molecule has 1 unspecified atom stereocenters. The highest BCUT2D eigenvalue weighted by Gasteiger charge is 2.28. The van der Waals surface area contributed by atoms with Crippen molar-refractivity contribution in [1.29, 1.82) is 0 Å². The zero-order chi connectivity index (χ0) is 14.7. The van der Waals surface area contributed by atoms with Gasteiger partial charge in [-0.05, 0) is 12.1 Å². The van der Waals surface area contributed by atoms with Gasteiger partial charge in [0.15, 0.2) is 6.54 Å². The van der Waals surface area contributed by atoms with E-state index in [0.717, 1.165) is 10.5 Å². The minimum absolute atomic E-state index is 0.178. The van der Waals surface area contributed by atoms with Gasteiger partial charge in [-0.3, -0.25) is 9.69 Å². The molecule has 1 aromatic carbocycles. The fourth-order valence-corrected chi connectivity index (χ4v) is 2.59. The van der Waals surface area contributed by atoms with Gasteiger partial charge in [-0.15, -0.1) is 0 Å². The molecule has 1 aliphatic heterocycles. The van der Waals surface area contributed by atoms with Crippen LogP contribution in [0.3, 0.4) is 0 Å². The van der Waals surface area contributed by atoms with Crippen LogP contribution >= 0.6 is 23.2 Å². The summed E-state index contributed by atoms with van der Waals surface area (Å²) in [6.45, 7) is 1.79. The Morgan fingerprint density at radius 2 is 2.20 bits per heavy atom. The van der Waals surface area contributed by atoms with Crippen LogP contribution in [0.5, 0.6) is 0 Å². The predicted octanol–water partition coefficient (Wildman–Crippen LogP) is 0.560. The molecule has 20 heavy (non-hydrogen) atoms. The monoisotopic (exact) mass is 316 g/mol. The first-order valence-electron chi connectivity index (χ1n) is 6.31. The van der Waals surface area contributed by atoms with E-state index in [4.69, 9.17) is 23.2 Å². The van der Waals surface area contributed by atoms with Gasteiger partial charge < -0.3 is 10.2 Å². The first kappa shape index (κ1) is 15.1. The van der Waals surface area contributed by atoms with Crippen LogP contribution in [0.4, 0.5) is 4.79 Å². The van der Waals surface area contributed by atoms with Gasteiger partial charge in [0.2, 0.25) is 0 Å². The molecule has 0 bridgehead atoms. The quantitative estimate of drug-likeness (QED) is 0.853. The molecule has 2 rings (SSSR count). The van der Waals surface area contributed by atoms with Gasteiger partial charge in [0.1, 0.15) is 6.54 Å². The number of amides is 3. The van der Waals surface area contributed by atoms with E-state index in [0.29, 0.717) is 29.7 Å². The van der Waals surface area contributed by atoms with Crippen molar-refractivity contribution in [2.45, 2.75) is 6.54 Å². The van der Waals surface area contributed by atoms with E-state index in [2.05, 4.69) is 5.32 Å². The van der Waals surface area contributed by atoms with Gasteiger partial charge in [0, 0.05) is 23.7 Å². The standard InChI is InChI=1S/C13H15Cl2N3O2/c1-17(7-9-2-3-10(14)6-11(9)15)8-12(19)18-5-4-16-13(18)20/h2-3,6H,4-5,7-8H2,1H3,(H,16,20)/p+1. The van der Waals surface area contributed by atoms with Crippen molar-refractivity contribution in [3.05, 3.63) is 33.8 Å². The average molecular weight is 317 g/mol. The number of halogens is 2. The van der Waals surface area contributed by atoms with Crippen molar-refractivity contribution in [2.24, 2.45) is 0 Å². The first-order valence-corrected chi connectivity index (χ1v) is 7.06. The van der Waals surface area contributed by atoms with E-state index in [1.54, 1.807) is 12.1 Å². The third kappa shape index (κ3) is 3.62.